The van der Waals surface area contributed by atoms with Gasteiger partial charge in [-0.1, -0.05) is 0 Å². The average Bonchev–Trinajstić information content (AvgIpc) is 2.45. The van der Waals surface area contributed by atoms with Crippen LogP contribution in [0.1, 0.15) is 24.2 Å². The van der Waals surface area contributed by atoms with E-state index in [2.05, 4.69) is 17.6 Å². The van der Waals surface area contributed by atoms with Crippen LogP contribution in [0, 0.1) is 6.92 Å². The lowest BCUT2D eigenvalue weighted by atomic mass is 10.1. The highest BCUT2D eigenvalue weighted by atomic mass is 32.2. The lowest BCUT2D eigenvalue weighted by Gasteiger charge is -2.16. The van der Waals surface area contributed by atoms with E-state index in [9.17, 15) is 4.21 Å². The largest absolute Gasteiger partial charge is 0.348 e. The molecule has 1 aliphatic heterocycles. The van der Waals surface area contributed by atoms with Crippen molar-refractivity contribution in [3.8, 4) is 0 Å². The second-order valence-electron chi connectivity index (χ2n) is 3.65. The summed E-state index contributed by atoms with van der Waals surface area (Å²) in [6.07, 6.45) is 5.45. The fourth-order valence-corrected chi connectivity index (χ4v) is 2.90. The Morgan fingerprint density at radius 1 is 1.46 bits per heavy atom. The fraction of sp³-hybridized carbons (Fsp3) is 0.600. The molecule has 2 nitrogen and oxygen atoms in total. The molecule has 13 heavy (non-hydrogen) atoms. The second kappa shape index (κ2) is 3.29. The molecule has 1 aromatic heterocycles. The first kappa shape index (κ1) is 9.00. The van der Waals surface area contributed by atoms with Gasteiger partial charge in [0.15, 0.2) is 0 Å². The lowest BCUT2D eigenvalue weighted by molar-refractivity contribution is 0.523. The maximum absolute atomic E-state index is 11.4. The minimum absolute atomic E-state index is 0.826. The Hall–Kier alpha value is -0.570. The third-order valence-electron chi connectivity index (χ3n) is 2.78. The van der Waals surface area contributed by atoms with Crippen LogP contribution in [0.15, 0.2) is 11.0 Å². The van der Waals surface area contributed by atoms with E-state index in [0.717, 1.165) is 17.9 Å². The highest BCUT2D eigenvalue weighted by molar-refractivity contribution is 7.84. The minimum Gasteiger partial charge on any atom is -0.348 e. The summed E-state index contributed by atoms with van der Waals surface area (Å²) in [5.74, 6) is 0. The van der Waals surface area contributed by atoms with Crippen molar-refractivity contribution in [2.75, 3.05) is 6.26 Å². The van der Waals surface area contributed by atoms with Gasteiger partial charge >= 0.3 is 0 Å². The Morgan fingerprint density at radius 2 is 2.23 bits per heavy atom. The zero-order chi connectivity index (χ0) is 9.42. The monoisotopic (exact) mass is 197 g/mol. The van der Waals surface area contributed by atoms with Gasteiger partial charge in [-0.3, -0.25) is 4.21 Å². The molecular formula is C10H15NOS. The molecule has 1 unspecified atom stereocenters. The van der Waals surface area contributed by atoms with Gasteiger partial charge < -0.3 is 4.57 Å². The van der Waals surface area contributed by atoms with E-state index in [-0.39, 0.29) is 0 Å². The maximum Gasteiger partial charge on any atom is 0.0594 e. The Morgan fingerprint density at radius 3 is 2.85 bits per heavy atom. The SMILES string of the molecule is Cc1c(S(C)=O)cc2n1CCCC2. The number of fused-ring (bicyclic) bond motifs is 1. The second-order valence-corrected chi connectivity index (χ2v) is 5.00. The molecular weight excluding hydrogens is 182 g/mol. The predicted octanol–water partition coefficient (Wildman–Crippen LogP) is 1.87. The Bertz CT molecular complexity index is 354. The minimum atomic E-state index is -0.826. The molecule has 3 heteroatoms. The molecule has 72 valence electrons. The van der Waals surface area contributed by atoms with Crippen molar-refractivity contribution in [3.63, 3.8) is 0 Å². The van der Waals surface area contributed by atoms with Gasteiger partial charge in [0.1, 0.15) is 0 Å². The van der Waals surface area contributed by atoms with Crippen molar-refractivity contribution in [2.45, 2.75) is 37.6 Å². The van der Waals surface area contributed by atoms with Crippen LogP contribution in [0.25, 0.3) is 0 Å². The molecule has 1 atom stereocenters. The van der Waals surface area contributed by atoms with Crippen molar-refractivity contribution in [1.82, 2.24) is 4.57 Å². The Kier molecular flexibility index (Phi) is 2.28. The molecule has 2 rings (SSSR count). The van der Waals surface area contributed by atoms with Gasteiger partial charge in [0.25, 0.3) is 0 Å². The van der Waals surface area contributed by atoms with E-state index in [1.807, 2.05) is 0 Å². The van der Waals surface area contributed by atoms with Gasteiger partial charge in [-0.05, 0) is 32.3 Å². The third kappa shape index (κ3) is 1.46. The van der Waals surface area contributed by atoms with Crippen LogP contribution < -0.4 is 0 Å². The van der Waals surface area contributed by atoms with Gasteiger partial charge in [0.05, 0.1) is 15.7 Å². The molecule has 0 radical (unpaired) electrons. The Labute approximate surface area is 81.4 Å². The molecule has 0 spiro atoms. The predicted molar refractivity (Wildman–Crippen MR) is 54.4 cm³/mol. The molecule has 0 aliphatic carbocycles. The van der Waals surface area contributed by atoms with Gasteiger partial charge in [-0.25, -0.2) is 0 Å². The van der Waals surface area contributed by atoms with E-state index in [1.165, 1.54) is 24.2 Å². The van der Waals surface area contributed by atoms with E-state index in [0.29, 0.717) is 0 Å². The Balaban J connectivity index is 2.50. The zero-order valence-corrected chi connectivity index (χ0v) is 8.99. The van der Waals surface area contributed by atoms with Crippen LogP contribution in [0.2, 0.25) is 0 Å². The topological polar surface area (TPSA) is 22.0 Å². The van der Waals surface area contributed by atoms with E-state index >= 15 is 0 Å². The van der Waals surface area contributed by atoms with Gasteiger partial charge in [0.2, 0.25) is 0 Å². The first-order chi connectivity index (χ1) is 6.20. The van der Waals surface area contributed by atoms with E-state index < -0.39 is 10.8 Å². The first-order valence-electron chi connectivity index (χ1n) is 4.72. The number of aryl methyl sites for hydroxylation is 1. The summed E-state index contributed by atoms with van der Waals surface area (Å²) in [4.78, 5) is 1.02. The summed E-state index contributed by atoms with van der Waals surface area (Å²) < 4.78 is 13.7. The van der Waals surface area contributed by atoms with Crippen LogP contribution in [0.5, 0.6) is 0 Å². The van der Waals surface area contributed by atoms with Crippen molar-refractivity contribution < 1.29 is 4.21 Å². The number of aromatic nitrogens is 1. The molecule has 0 aromatic carbocycles. The molecule has 2 heterocycles. The normalized spacial score (nSPS) is 18.3. The number of hydrogen-bond acceptors (Lipinski definition) is 1. The highest BCUT2D eigenvalue weighted by Gasteiger charge is 2.16. The first-order valence-corrected chi connectivity index (χ1v) is 6.28. The van der Waals surface area contributed by atoms with Crippen LogP contribution in [-0.2, 0) is 23.8 Å². The smallest absolute Gasteiger partial charge is 0.0594 e. The summed E-state index contributed by atoms with van der Waals surface area (Å²) in [7, 11) is -0.826. The van der Waals surface area contributed by atoms with Crippen LogP contribution >= 0.6 is 0 Å². The summed E-state index contributed by atoms with van der Waals surface area (Å²) in [6, 6.07) is 2.12. The van der Waals surface area contributed by atoms with Gasteiger partial charge in [0, 0.05) is 24.2 Å². The fourth-order valence-electron chi connectivity index (χ4n) is 2.07. The molecule has 1 aliphatic rings. The van der Waals surface area contributed by atoms with Crippen molar-refractivity contribution >= 4 is 10.8 Å². The average molecular weight is 197 g/mol. The molecule has 0 amide bonds. The van der Waals surface area contributed by atoms with Crippen molar-refractivity contribution in [2.24, 2.45) is 0 Å². The zero-order valence-electron chi connectivity index (χ0n) is 8.17. The van der Waals surface area contributed by atoms with Crippen LogP contribution in [0.3, 0.4) is 0 Å². The quantitative estimate of drug-likeness (QED) is 0.673. The van der Waals surface area contributed by atoms with Crippen LogP contribution in [0.4, 0.5) is 0 Å². The van der Waals surface area contributed by atoms with Gasteiger partial charge in [-0.2, -0.15) is 0 Å². The molecule has 0 bridgehead atoms. The molecule has 0 saturated carbocycles. The molecule has 0 saturated heterocycles. The van der Waals surface area contributed by atoms with Crippen LogP contribution in [-0.4, -0.2) is 15.0 Å². The van der Waals surface area contributed by atoms with E-state index in [4.69, 9.17) is 0 Å². The third-order valence-corrected chi connectivity index (χ3v) is 3.81. The molecule has 1 aromatic rings. The number of hydrogen-bond donors (Lipinski definition) is 0. The van der Waals surface area contributed by atoms with Crippen molar-refractivity contribution in [1.29, 1.82) is 0 Å². The van der Waals surface area contributed by atoms with Gasteiger partial charge in [-0.15, -0.1) is 0 Å². The lowest BCUT2D eigenvalue weighted by Crippen LogP contribution is -2.10. The van der Waals surface area contributed by atoms with Crippen molar-refractivity contribution in [3.05, 3.63) is 17.5 Å². The van der Waals surface area contributed by atoms with E-state index in [1.54, 1.807) is 6.26 Å². The maximum atomic E-state index is 11.4. The molecule has 0 N–H and O–H groups in total. The molecule has 0 fully saturated rings. The summed E-state index contributed by atoms with van der Waals surface area (Å²) in [6.45, 7) is 3.18. The summed E-state index contributed by atoms with van der Waals surface area (Å²) >= 11 is 0. The summed E-state index contributed by atoms with van der Waals surface area (Å²) in [5.41, 5.74) is 2.57. The highest BCUT2D eigenvalue weighted by Crippen LogP contribution is 2.23. The summed E-state index contributed by atoms with van der Waals surface area (Å²) in [5, 5.41) is 0. The number of rotatable bonds is 1. The number of nitrogens with zero attached hydrogens (tertiary/aromatic N) is 1. The standard InChI is InChI=1S/C10H15NOS/c1-8-10(13(2)12)7-9-5-3-4-6-11(8)9/h7H,3-6H2,1-2H3.